The molecule has 1 spiro atoms. The third kappa shape index (κ3) is 1.98. The average molecular weight is 324 g/mol. The van der Waals surface area contributed by atoms with Gasteiger partial charge in [-0.2, -0.15) is 0 Å². The summed E-state index contributed by atoms with van der Waals surface area (Å²) in [6.45, 7) is 4.40. The van der Waals surface area contributed by atoms with E-state index in [-0.39, 0.29) is 23.4 Å². The summed E-state index contributed by atoms with van der Waals surface area (Å²) in [7, 11) is 0. The van der Waals surface area contributed by atoms with E-state index in [4.69, 9.17) is 4.89 Å². The van der Waals surface area contributed by atoms with E-state index in [1.54, 1.807) is 0 Å². The molecule has 0 aromatic carbocycles. The van der Waals surface area contributed by atoms with Gasteiger partial charge < -0.3 is 10.2 Å². The first-order valence-corrected chi connectivity index (χ1v) is 9.48. The van der Waals surface area contributed by atoms with Crippen LogP contribution < -0.4 is 0 Å². The fraction of sp³-hybridized carbons (Fsp3) is 1.00. The molecule has 4 heteroatoms. The lowest BCUT2D eigenvalue weighted by atomic mass is 9.43. The van der Waals surface area contributed by atoms with Gasteiger partial charge in [-0.05, 0) is 93.3 Å². The van der Waals surface area contributed by atoms with E-state index in [0.717, 1.165) is 51.4 Å². The van der Waals surface area contributed by atoms with Crippen LogP contribution in [0.5, 0.6) is 0 Å². The zero-order valence-corrected chi connectivity index (χ0v) is 14.6. The number of hydrogen-bond donors (Lipinski definition) is 3. The van der Waals surface area contributed by atoms with Crippen LogP contribution in [-0.4, -0.2) is 33.3 Å². The molecule has 0 radical (unpaired) electrons. The van der Waals surface area contributed by atoms with Crippen molar-refractivity contribution >= 4 is 0 Å². The highest BCUT2D eigenvalue weighted by Crippen LogP contribution is 2.72. The Morgan fingerprint density at radius 2 is 1.83 bits per heavy atom. The van der Waals surface area contributed by atoms with Gasteiger partial charge in [0.25, 0.3) is 0 Å². The van der Waals surface area contributed by atoms with Crippen LogP contribution >= 0.6 is 0 Å². The fourth-order valence-electron chi connectivity index (χ4n) is 7.86. The second-order valence-corrected chi connectivity index (χ2v) is 9.69. The van der Waals surface area contributed by atoms with Gasteiger partial charge in [0.15, 0.2) is 0 Å². The molecule has 0 aromatic heterocycles. The molecule has 23 heavy (non-hydrogen) atoms. The molecule has 4 fully saturated rings. The highest BCUT2D eigenvalue weighted by Gasteiger charge is 2.67. The molecule has 132 valence electrons. The smallest absolute Gasteiger partial charge is 0.104 e. The zero-order chi connectivity index (χ0) is 16.5. The molecule has 4 aliphatic rings. The SMILES string of the molecule is CC1(OO)CCCC2(C)C3CCC4CC3(CCC12)CC4(O)CO. The highest BCUT2D eigenvalue weighted by molar-refractivity contribution is 5.17. The first-order chi connectivity index (χ1) is 10.8. The Kier molecular flexibility index (Phi) is 3.50. The summed E-state index contributed by atoms with van der Waals surface area (Å²) in [6, 6.07) is 0. The maximum Gasteiger partial charge on any atom is 0.104 e. The predicted octanol–water partition coefficient (Wildman–Crippen LogP) is 3.36. The van der Waals surface area contributed by atoms with Crippen molar-refractivity contribution in [3.05, 3.63) is 0 Å². The van der Waals surface area contributed by atoms with Crippen LogP contribution in [0.2, 0.25) is 0 Å². The van der Waals surface area contributed by atoms with Crippen molar-refractivity contribution < 1.29 is 20.4 Å². The Balaban J connectivity index is 1.71. The molecule has 7 unspecified atom stereocenters. The second kappa shape index (κ2) is 4.94. The monoisotopic (exact) mass is 324 g/mol. The Morgan fingerprint density at radius 3 is 2.52 bits per heavy atom. The topological polar surface area (TPSA) is 69.9 Å². The van der Waals surface area contributed by atoms with Crippen LogP contribution in [0.3, 0.4) is 0 Å². The molecule has 4 aliphatic carbocycles. The lowest BCUT2D eigenvalue weighted by Gasteiger charge is -2.63. The van der Waals surface area contributed by atoms with Gasteiger partial charge >= 0.3 is 0 Å². The number of aliphatic hydroxyl groups excluding tert-OH is 1. The number of fused-ring (bicyclic) bond motifs is 3. The third-order valence-electron chi connectivity index (χ3n) is 8.75. The zero-order valence-electron chi connectivity index (χ0n) is 14.6. The van der Waals surface area contributed by atoms with Crippen molar-refractivity contribution in [3.8, 4) is 0 Å². The Morgan fingerprint density at radius 1 is 1.04 bits per heavy atom. The molecule has 2 bridgehead atoms. The summed E-state index contributed by atoms with van der Waals surface area (Å²) < 4.78 is 0. The van der Waals surface area contributed by atoms with Crippen molar-refractivity contribution in [2.75, 3.05) is 6.61 Å². The molecule has 0 aliphatic heterocycles. The van der Waals surface area contributed by atoms with E-state index in [1.807, 2.05) is 0 Å². The normalized spacial score (nSPS) is 58.6. The quantitative estimate of drug-likeness (QED) is 0.538. The maximum atomic E-state index is 10.9. The van der Waals surface area contributed by atoms with Crippen molar-refractivity contribution in [2.45, 2.75) is 82.8 Å². The summed E-state index contributed by atoms with van der Waals surface area (Å²) in [5, 5.41) is 30.3. The molecule has 7 atom stereocenters. The summed E-state index contributed by atoms with van der Waals surface area (Å²) in [6.07, 6.45) is 9.44. The summed E-state index contributed by atoms with van der Waals surface area (Å²) in [4.78, 5) is 5.04. The van der Waals surface area contributed by atoms with Gasteiger partial charge in [-0.15, -0.1) is 0 Å². The van der Waals surface area contributed by atoms with Crippen LogP contribution in [0.25, 0.3) is 0 Å². The predicted molar refractivity (Wildman–Crippen MR) is 86.7 cm³/mol. The molecule has 4 rings (SSSR count). The van der Waals surface area contributed by atoms with Gasteiger partial charge in [-0.1, -0.05) is 6.92 Å². The molecule has 3 N–H and O–H groups in total. The van der Waals surface area contributed by atoms with Gasteiger partial charge in [0.2, 0.25) is 0 Å². The summed E-state index contributed by atoms with van der Waals surface area (Å²) in [5.74, 6) is 1.25. The van der Waals surface area contributed by atoms with Crippen LogP contribution in [0.15, 0.2) is 0 Å². The van der Waals surface area contributed by atoms with E-state index in [2.05, 4.69) is 13.8 Å². The van der Waals surface area contributed by atoms with Crippen molar-refractivity contribution in [2.24, 2.45) is 28.6 Å². The average Bonchev–Trinajstić information content (AvgIpc) is 2.74. The van der Waals surface area contributed by atoms with Crippen LogP contribution in [0, 0.1) is 28.6 Å². The van der Waals surface area contributed by atoms with E-state index in [1.165, 1.54) is 6.42 Å². The molecule has 0 aromatic rings. The van der Waals surface area contributed by atoms with Crippen LogP contribution in [0.1, 0.15) is 71.6 Å². The van der Waals surface area contributed by atoms with Crippen molar-refractivity contribution in [1.29, 1.82) is 0 Å². The van der Waals surface area contributed by atoms with Gasteiger partial charge in [-0.3, -0.25) is 5.26 Å². The first-order valence-electron chi connectivity index (χ1n) is 9.48. The van der Waals surface area contributed by atoms with E-state index < -0.39 is 11.2 Å². The molecule has 0 amide bonds. The Labute approximate surface area is 139 Å². The van der Waals surface area contributed by atoms with Gasteiger partial charge in [0.1, 0.15) is 5.60 Å². The van der Waals surface area contributed by atoms with Gasteiger partial charge in [-0.25, -0.2) is 4.89 Å². The molecule has 4 saturated carbocycles. The molecule has 0 saturated heterocycles. The van der Waals surface area contributed by atoms with Crippen molar-refractivity contribution in [1.82, 2.24) is 0 Å². The Hall–Kier alpha value is -0.160. The fourth-order valence-corrected chi connectivity index (χ4v) is 7.86. The largest absolute Gasteiger partial charge is 0.393 e. The highest BCUT2D eigenvalue weighted by atomic mass is 17.1. The first kappa shape index (κ1) is 16.3. The molecule has 0 heterocycles. The lowest BCUT2D eigenvalue weighted by Crippen LogP contribution is -2.59. The Bertz CT molecular complexity index is 496. The van der Waals surface area contributed by atoms with E-state index >= 15 is 0 Å². The minimum absolute atomic E-state index is 0.0935. The van der Waals surface area contributed by atoms with E-state index in [9.17, 15) is 15.5 Å². The number of hydrogen-bond acceptors (Lipinski definition) is 4. The minimum Gasteiger partial charge on any atom is -0.393 e. The summed E-state index contributed by atoms with van der Waals surface area (Å²) in [5.41, 5.74) is -0.903. The summed E-state index contributed by atoms with van der Waals surface area (Å²) >= 11 is 0. The molecular weight excluding hydrogens is 292 g/mol. The number of aliphatic hydroxyl groups is 2. The van der Waals surface area contributed by atoms with Gasteiger partial charge in [0, 0.05) is 0 Å². The van der Waals surface area contributed by atoms with Crippen molar-refractivity contribution in [3.63, 3.8) is 0 Å². The second-order valence-electron chi connectivity index (χ2n) is 9.69. The third-order valence-corrected chi connectivity index (χ3v) is 8.75. The van der Waals surface area contributed by atoms with Gasteiger partial charge in [0.05, 0.1) is 12.2 Å². The van der Waals surface area contributed by atoms with Crippen LogP contribution in [0.4, 0.5) is 0 Å². The standard InChI is InChI=1S/C19H32O4/c1-16-7-3-8-17(2,23-22)14(16)6-9-18-10-13(4-5-15(16)18)19(21,11-18)12-20/h13-15,20-22H,3-12H2,1-2H3. The van der Waals surface area contributed by atoms with Crippen LogP contribution in [-0.2, 0) is 4.89 Å². The minimum atomic E-state index is -0.858. The van der Waals surface area contributed by atoms with E-state index in [0.29, 0.717) is 11.8 Å². The molecule has 4 nitrogen and oxygen atoms in total. The maximum absolute atomic E-state index is 10.9. The molecular formula is C19H32O4. The lowest BCUT2D eigenvalue weighted by molar-refractivity contribution is -0.359. The number of rotatable bonds is 2.